The van der Waals surface area contributed by atoms with Crippen molar-refractivity contribution in [3.8, 4) is 0 Å². The SMILES string of the molecule is O=C1COC(c2ccc(NCCC(F)(F)F)c(C(F)(F)F)c2)=NN1. The van der Waals surface area contributed by atoms with Gasteiger partial charge in [0.15, 0.2) is 6.61 Å². The minimum Gasteiger partial charge on any atom is -0.466 e. The Bertz CT molecular complexity index is 654. The highest BCUT2D eigenvalue weighted by Gasteiger charge is 2.35. The van der Waals surface area contributed by atoms with Crippen LogP contribution >= 0.6 is 0 Å². The number of nitrogens with one attached hydrogen (secondary N) is 2. The summed E-state index contributed by atoms with van der Waals surface area (Å²) >= 11 is 0. The summed E-state index contributed by atoms with van der Waals surface area (Å²) in [6.07, 6.45) is -10.5. The van der Waals surface area contributed by atoms with Crippen LogP contribution in [0.25, 0.3) is 0 Å². The lowest BCUT2D eigenvalue weighted by Crippen LogP contribution is -2.32. The van der Waals surface area contributed by atoms with Crippen LogP contribution in [0, 0.1) is 0 Å². The Hall–Kier alpha value is -2.46. The Balaban J connectivity index is 2.24. The molecule has 132 valence electrons. The van der Waals surface area contributed by atoms with Gasteiger partial charge < -0.3 is 10.1 Å². The molecular weight excluding hydrogens is 344 g/mol. The van der Waals surface area contributed by atoms with E-state index in [1.165, 1.54) is 6.07 Å². The van der Waals surface area contributed by atoms with Crippen molar-refractivity contribution in [2.45, 2.75) is 18.8 Å². The quantitative estimate of drug-likeness (QED) is 0.817. The van der Waals surface area contributed by atoms with Crippen LogP contribution < -0.4 is 10.7 Å². The van der Waals surface area contributed by atoms with Crippen LogP contribution in [0.2, 0.25) is 0 Å². The summed E-state index contributed by atoms with van der Waals surface area (Å²) < 4.78 is 80.5. The Morgan fingerprint density at radius 1 is 1.21 bits per heavy atom. The molecule has 0 saturated carbocycles. The zero-order valence-electron chi connectivity index (χ0n) is 11.9. The predicted octanol–water partition coefficient (Wildman–Crippen LogP) is 2.88. The van der Waals surface area contributed by atoms with Gasteiger partial charge in [0, 0.05) is 17.8 Å². The molecule has 2 rings (SSSR count). The van der Waals surface area contributed by atoms with Crippen LogP contribution in [0.5, 0.6) is 0 Å². The van der Waals surface area contributed by atoms with Crippen LogP contribution in [0.3, 0.4) is 0 Å². The molecule has 11 heteroatoms. The average molecular weight is 355 g/mol. The summed E-state index contributed by atoms with van der Waals surface area (Å²) in [5.41, 5.74) is 0.339. The maximum atomic E-state index is 13.1. The molecule has 0 bridgehead atoms. The Kier molecular flexibility index (Phi) is 4.90. The number of nitrogens with zero attached hydrogens (tertiary/aromatic N) is 1. The van der Waals surface area contributed by atoms with Gasteiger partial charge in [-0.25, -0.2) is 5.43 Å². The molecule has 0 spiro atoms. The maximum Gasteiger partial charge on any atom is 0.418 e. The Morgan fingerprint density at radius 2 is 1.92 bits per heavy atom. The number of hydrogen-bond donors (Lipinski definition) is 2. The molecule has 0 aromatic heterocycles. The first-order valence-corrected chi connectivity index (χ1v) is 6.58. The lowest BCUT2D eigenvalue weighted by atomic mass is 10.1. The zero-order valence-corrected chi connectivity index (χ0v) is 11.9. The monoisotopic (exact) mass is 355 g/mol. The summed E-state index contributed by atoms with van der Waals surface area (Å²) in [6, 6.07) is 2.87. The molecule has 2 N–H and O–H groups in total. The van der Waals surface area contributed by atoms with E-state index in [2.05, 4.69) is 15.8 Å². The normalized spacial score (nSPS) is 15.4. The number of amides is 1. The van der Waals surface area contributed by atoms with E-state index in [0.717, 1.165) is 6.07 Å². The second kappa shape index (κ2) is 6.57. The van der Waals surface area contributed by atoms with Crippen molar-refractivity contribution in [1.82, 2.24) is 5.43 Å². The summed E-state index contributed by atoms with van der Waals surface area (Å²) in [4.78, 5) is 10.9. The number of carbonyl (C=O) groups is 1. The van der Waals surface area contributed by atoms with Crippen molar-refractivity contribution < 1.29 is 35.9 Å². The van der Waals surface area contributed by atoms with E-state index in [1.807, 2.05) is 0 Å². The molecule has 0 saturated heterocycles. The van der Waals surface area contributed by atoms with Crippen molar-refractivity contribution in [2.24, 2.45) is 5.10 Å². The highest BCUT2D eigenvalue weighted by atomic mass is 19.4. The van der Waals surface area contributed by atoms with E-state index in [-0.39, 0.29) is 11.5 Å². The van der Waals surface area contributed by atoms with Gasteiger partial charge in [0.1, 0.15) is 0 Å². The average Bonchev–Trinajstić information content (AvgIpc) is 2.46. The Labute approximate surface area is 131 Å². The molecule has 0 radical (unpaired) electrons. The van der Waals surface area contributed by atoms with E-state index in [0.29, 0.717) is 6.07 Å². The predicted molar refractivity (Wildman–Crippen MR) is 71.2 cm³/mol. The van der Waals surface area contributed by atoms with Crippen molar-refractivity contribution in [1.29, 1.82) is 0 Å². The molecule has 1 aromatic rings. The minimum absolute atomic E-state index is 0.0660. The largest absolute Gasteiger partial charge is 0.466 e. The third kappa shape index (κ3) is 4.77. The van der Waals surface area contributed by atoms with Gasteiger partial charge in [-0.1, -0.05) is 0 Å². The first-order chi connectivity index (χ1) is 11.1. The van der Waals surface area contributed by atoms with Crippen molar-refractivity contribution in [2.75, 3.05) is 18.5 Å². The van der Waals surface area contributed by atoms with Crippen molar-refractivity contribution in [3.63, 3.8) is 0 Å². The molecule has 24 heavy (non-hydrogen) atoms. The molecule has 1 amide bonds. The van der Waals surface area contributed by atoms with E-state index in [1.54, 1.807) is 0 Å². The van der Waals surface area contributed by atoms with Gasteiger partial charge >= 0.3 is 12.4 Å². The smallest absolute Gasteiger partial charge is 0.418 e. The molecule has 0 fully saturated rings. The third-order valence-electron chi connectivity index (χ3n) is 2.92. The lowest BCUT2D eigenvalue weighted by Gasteiger charge is -2.18. The second-order valence-electron chi connectivity index (χ2n) is 4.79. The van der Waals surface area contributed by atoms with E-state index in [4.69, 9.17) is 4.74 Å². The first kappa shape index (κ1) is 17.9. The van der Waals surface area contributed by atoms with Gasteiger partial charge in [0.2, 0.25) is 5.90 Å². The number of alkyl halides is 6. The number of carbonyl (C=O) groups excluding carboxylic acids is 1. The molecule has 1 aromatic carbocycles. The first-order valence-electron chi connectivity index (χ1n) is 6.58. The fraction of sp³-hybridized carbons (Fsp3) is 0.385. The van der Waals surface area contributed by atoms with Gasteiger partial charge in [-0.2, -0.15) is 26.3 Å². The molecular formula is C13H11F6N3O2. The van der Waals surface area contributed by atoms with Gasteiger partial charge in [0.25, 0.3) is 5.91 Å². The highest BCUT2D eigenvalue weighted by molar-refractivity contribution is 5.98. The zero-order chi connectivity index (χ0) is 18.0. The fourth-order valence-electron chi connectivity index (χ4n) is 1.86. The van der Waals surface area contributed by atoms with Crippen molar-refractivity contribution >= 4 is 17.5 Å². The number of halogens is 6. The van der Waals surface area contributed by atoms with Crippen LogP contribution in [0.1, 0.15) is 17.5 Å². The van der Waals surface area contributed by atoms with Gasteiger partial charge in [0.05, 0.1) is 12.0 Å². The molecule has 1 aliphatic heterocycles. The van der Waals surface area contributed by atoms with Gasteiger partial charge in [-0.3, -0.25) is 4.79 Å². The second-order valence-corrected chi connectivity index (χ2v) is 4.79. The number of rotatable bonds is 4. The van der Waals surface area contributed by atoms with Crippen LogP contribution in [-0.2, 0) is 15.7 Å². The number of ether oxygens (including phenoxy) is 1. The molecule has 0 atom stereocenters. The van der Waals surface area contributed by atoms with Gasteiger partial charge in [-0.05, 0) is 18.2 Å². The van der Waals surface area contributed by atoms with Crippen molar-refractivity contribution in [3.05, 3.63) is 29.3 Å². The Morgan fingerprint density at radius 3 is 2.46 bits per heavy atom. The number of anilines is 1. The lowest BCUT2D eigenvalue weighted by molar-refractivity contribution is -0.137. The van der Waals surface area contributed by atoms with Crippen LogP contribution in [-0.4, -0.2) is 31.1 Å². The molecule has 5 nitrogen and oxygen atoms in total. The van der Waals surface area contributed by atoms with Crippen LogP contribution in [0.15, 0.2) is 23.3 Å². The van der Waals surface area contributed by atoms with Gasteiger partial charge in [-0.15, -0.1) is 5.10 Å². The van der Waals surface area contributed by atoms with E-state index in [9.17, 15) is 31.1 Å². The minimum atomic E-state index is -4.80. The summed E-state index contributed by atoms with van der Waals surface area (Å²) in [5, 5.41) is 5.61. The van der Waals surface area contributed by atoms with Crippen LogP contribution in [0.4, 0.5) is 32.0 Å². The highest BCUT2D eigenvalue weighted by Crippen LogP contribution is 2.36. The van der Waals surface area contributed by atoms with E-state index >= 15 is 0 Å². The fourth-order valence-corrected chi connectivity index (χ4v) is 1.86. The van der Waals surface area contributed by atoms with E-state index < -0.39 is 49.1 Å². The number of benzene rings is 1. The topological polar surface area (TPSA) is 62.7 Å². The number of hydrogen-bond acceptors (Lipinski definition) is 4. The standard InChI is InChI=1S/C13H11F6N3O2/c14-12(15,16)3-4-20-9-2-1-7(5-8(9)13(17,18)19)11-22-21-10(23)6-24-11/h1-2,5,20H,3-4,6H2,(H,21,23). The summed E-state index contributed by atoms with van der Waals surface area (Å²) in [7, 11) is 0. The summed E-state index contributed by atoms with van der Waals surface area (Å²) in [5.74, 6) is -0.776. The summed E-state index contributed by atoms with van der Waals surface area (Å²) in [6.45, 7) is -1.09. The molecule has 1 aliphatic rings. The number of hydrazone groups is 1. The molecule has 0 aliphatic carbocycles. The third-order valence-corrected chi connectivity index (χ3v) is 2.92. The molecule has 0 unspecified atom stereocenters. The maximum absolute atomic E-state index is 13.1. The molecule has 1 heterocycles.